The molecule has 0 saturated carbocycles. The standard InChI is InChI=1S/C21H22N2O4S/c1-3-23(12-15-13-25-17-7-4-5-8-18(17)27-15)20(24)11-16-14(2)26-21(22-16)19-9-6-10-28-19/h4-10,15H,3,11-13H2,1-2H3. The summed E-state index contributed by atoms with van der Waals surface area (Å²) in [7, 11) is 0. The lowest BCUT2D eigenvalue weighted by molar-refractivity contribution is -0.131. The van der Waals surface area contributed by atoms with Crippen molar-refractivity contribution in [3.05, 3.63) is 53.2 Å². The number of benzene rings is 1. The summed E-state index contributed by atoms with van der Waals surface area (Å²) in [5, 5.41) is 1.98. The molecule has 2 aromatic heterocycles. The molecule has 3 heterocycles. The Morgan fingerprint density at radius 1 is 1.25 bits per heavy atom. The number of carbonyl (C=O) groups is 1. The van der Waals surface area contributed by atoms with Crippen LogP contribution in [0.4, 0.5) is 0 Å². The number of thiophene rings is 1. The zero-order valence-electron chi connectivity index (χ0n) is 15.9. The van der Waals surface area contributed by atoms with E-state index in [9.17, 15) is 4.79 Å². The molecule has 0 aliphatic carbocycles. The van der Waals surface area contributed by atoms with E-state index in [-0.39, 0.29) is 18.4 Å². The van der Waals surface area contributed by atoms with Crippen molar-refractivity contribution in [1.82, 2.24) is 9.88 Å². The Balaban J connectivity index is 1.41. The average Bonchev–Trinajstić information content (AvgIpc) is 3.36. The summed E-state index contributed by atoms with van der Waals surface area (Å²) in [5.41, 5.74) is 0.679. The first-order valence-corrected chi connectivity index (χ1v) is 10.2. The number of aromatic nitrogens is 1. The van der Waals surface area contributed by atoms with E-state index in [1.807, 2.05) is 55.6 Å². The molecular formula is C21H22N2O4S. The first-order chi connectivity index (χ1) is 13.6. The van der Waals surface area contributed by atoms with Crippen LogP contribution in [-0.2, 0) is 11.2 Å². The summed E-state index contributed by atoms with van der Waals surface area (Å²) in [5.74, 6) is 2.71. The van der Waals surface area contributed by atoms with Crippen molar-refractivity contribution in [3.8, 4) is 22.3 Å². The maximum Gasteiger partial charge on any atom is 0.236 e. The molecule has 28 heavy (non-hydrogen) atoms. The van der Waals surface area contributed by atoms with Gasteiger partial charge < -0.3 is 18.8 Å². The highest BCUT2D eigenvalue weighted by Gasteiger charge is 2.26. The van der Waals surface area contributed by atoms with Crippen LogP contribution in [-0.4, -0.2) is 41.6 Å². The van der Waals surface area contributed by atoms with E-state index in [1.165, 1.54) is 0 Å². The molecule has 1 aliphatic rings. The number of hydrogen-bond donors (Lipinski definition) is 0. The van der Waals surface area contributed by atoms with E-state index >= 15 is 0 Å². The molecule has 1 aromatic carbocycles. The lowest BCUT2D eigenvalue weighted by Crippen LogP contribution is -2.44. The summed E-state index contributed by atoms with van der Waals surface area (Å²) in [6.07, 6.45) is 0.0116. The van der Waals surface area contributed by atoms with E-state index < -0.39 is 0 Å². The number of fused-ring (bicyclic) bond motifs is 1. The summed E-state index contributed by atoms with van der Waals surface area (Å²) in [6.45, 7) is 5.29. The molecule has 1 aliphatic heterocycles. The highest BCUT2D eigenvalue weighted by atomic mass is 32.1. The second-order valence-corrected chi connectivity index (χ2v) is 7.55. The van der Waals surface area contributed by atoms with Crippen LogP contribution in [0, 0.1) is 6.92 Å². The number of nitrogens with zero attached hydrogens (tertiary/aromatic N) is 2. The van der Waals surface area contributed by atoms with Crippen LogP contribution < -0.4 is 9.47 Å². The molecule has 0 spiro atoms. The molecule has 7 heteroatoms. The minimum absolute atomic E-state index is 0.000844. The van der Waals surface area contributed by atoms with E-state index in [1.54, 1.807) is 16.2 Å². The number of para-hydroxylation sites is 2. The number of ether oxygens (including phenoxy) is 2. The van der Waals surface area contributed by atoms with E-state index in [2.05, 4.69) is 4.98 Å². The lowest BCUT2D eigenvalue weighted by Gasteiger charge is -2.30. The van der Waals surface area contributed by atoms with Gasteiger partial charge in [0.1, 0.15) is 12.4 Å². The molecule has 0 N–H and O–H groups in total. The minimum atomic E-state index is -0.195. The summed E-state index contributed by atoms with van der Waals surface area (Å²) in [4.78, 5) is 20.1. The van der Waals surface area contributed by atoms with Gasteiger partial charge in [0.15, 0.2) is 17.6 Å². The number of hydrogen-bond acceptors (Lipinski definition) is 6. The van der Waals surface area contributed by atoms with Crippen LogP contribution in [0.25, 0.3) is 10.8 Å². The highest BCUT2D eigenvalue weighted by molar-refractivity contribution is 7.13. The molecule has 0 radical (unpaired) electrons. The Bertz CT molecular complexity index is 951. The summed E-state index contributed by atoms with van der Waals surface area (Å²) < 4.78 is 17.5. The number of amides is 1. The van der Waals surface area contributed by atoms with E-state index in [4.69, 9.17) is 13.9 Å². The molecule has 6 nitrogen and oxygen atoms in total. The monoisotopic (exact) mass is 398 g/mol. The fourth-order valence-electron chi connectivity index (χ4n) is 3.16. The molecule has 146 valence electrons. The lowest BCUT2D eigenvalue weighted by atomic mass is 10.2. The zero-order valence-corrected chi connectivity index (χ0v) is 16.7. The van der Waals surface area contributed by atoms with Crippen molar-refractivity contribution >= 4 is 17.2 Å². The molecule has 0 fully saturated rings. The van der Waals surface area contributed by atoms with Crippen LogP contribution in [0.5, 0.6) is 11.5 Å². The van der Waals surface area contributed by atoms with E-state index in [0.29, 0.717) is 37.0 Å². The Labute approximate surface area is 167 Å². The zero-order chi connectivity index (χ0) is 19.5. The third-order valence-electron chi connectivity index (χ3n) is 4.67. The van der Waals surface area contributed by atoms with Gasteiger partial charge in [0, 0.05) is 6.54 Å². The van der Waals surface area contributed by atoms with Crippen molar-refractivity contribution < 1.29 is 18.7 Å². The fraction of sp³-hybridized carbons (Fsp3) is 0.333. The Hall–Kier alpha value is -2.80. The van der Waals surface area contributed by atoms with Gasteiger partial charge in [0.2, 0.25) is 11.8 Å². The number of aryl methyl sites for hydroxylation is 1. The maximum atomic E-state index is 12.9. The van der Waals surface area contributed by atoms with Gasteiger partial charge in [0.25, 0.3) is 0 Å². The van der Waals surface area contributed by atoms with Crippen LogP contribution >= 0.6 is 11.3 Å². The number of carbonyl (C=O) groups excluding carboxylic acids is 1. The Kier molecular flexibility index (Phi) is 5.34. The predicted octanol–water partition coefficient (Wildman–Crippen LogP) is 3.94. The maximum absolute atomic E-state index is 12.9. The second-order valence-electron chi connectivity index (χ2n) is 6.61. The van der Waals surface area contributed by atoms with Gasteiger partial charge in [-0.2, -0.15) is 0 Å². The average molecular weight is 398 g/mol. The molecule has 3 aromatic rings. The van der Waals surface area contributed by atoms with Crippen molar-refractivity contribution in [2.45, 2.75) is 26.4 Å². The molecule has 0 bridgehead atoms. The predicted molar refractivity (Wildman–Crippen MR) is 107 cm³/mol. The molecular weight excluding hydrogens is 376 g/mol. The molecule has 1 amide bonds. The van der Waals surface area contributed by atoms with Crippen LogP contribution in [0.15, 0.2) is 46.2 Å². The quantitative estimate of drug-likeness (QED) is 0.629. The Morgan fingerprint density at radius 3 is 2.82 bits per heavy atom. The van der Waals surface area contributed by atoms with E-state index in [0.717, 1.165) is 16.4 Å². The molecule has 1 atom stereocenters. The second kappa shape index (κ2) is 8.06. The van der Waals surface area contributed by atoms with Gasteiger partial charge >= 0.3 is 0 Å². The van der Waals surface area contributed by atoms with Crippen molar-refractivity contribution in [2.24, 2.45) is 0 Å². The first kappa shape index (κ1) is 18.6. The summed E-state index contributed by atoms with van der Waals surface area (Å²) >= 11 is 1.56. The number of rotatable bonds is 6. The molecule has 1 unspecified atom stereocenters. The van der Waals surface area contributed by atoms with Crippen molar-refractivity contribution in [2.75, 3.05) is 19.7 Å². The largest absolute Gasteiger partial charge is 0.486 e. The van der Waals surface area contributed by atoms with Crippen LogP contribution in [0.1, 0.15) is 18.4 Å². The van der Waals surface area contributed by atoms with Crippen LogP contribution in [0.2, 0.25) is 0 Å². The fourth-order valence-corrected chi connectivity index (χ4v) is 3.81. The van der Waals surface area contributed by atoms with Gasteiger partial charge in [0.05, 0.1) is 23.5 Å². The number of oxazole rings is 1. The highest BCUT2D eigenvalue weighted by Crippen LogP contribution is 2.31. The number of likely N-dealkylation sites (N-methyl/N-ethyl adjacent to an activating group) is 1. The van der Waals surface area contributed by atoms with Crippen molar-refractivity contribution in [1.29, 1.82) is 0 Å². The van der Waals surface area contributed by atoms with Crippen molar-refractivity contribution in [3.63, 3.8) is 0 Å². The molecule has 0 saturated heterocycles. The third kappa shape index (κ3) is 3.89. The van der Waals surface area contributed by atoms with Crippen LogP contribution in [0.3, 0.4) is 0 Å². The Morgan fingerprint density at radius 2 is 2.07 bits per heavy atom. The SMILES string of the molecule is CCN(CC1COc2ccccc2O1)C(=O)Cc1nc(-c2cccs2)oc1C. The molecule has 4 rings (SSSR count). The first-order valence-electron chi connectivity index (χ1n) is 9.30. The van der Waals surface area contributed by atoms with Gasteiger partial charge in [-0.25, -0.2) is 4.98 Å². The minimum Gasteiger partial charge on any atom is -0.486 e. The van der Waals surface area contributed by atoms with Gasteiger partial charge in [-0.3, -0.25) is 4.79 Å². The normalized spacial score (nSPS) is 15.4. The smallest absolute Gasteiger partial charge is 0.236 e. The summed E-state index contributed by atoms with van der Waals surface area (Å²) in [6, 6.07) is 11.5. The van der Waals surface area contributed by atoms with Gasteiger partial charge in [-0.1, -0.05) is 18.2 Å². The van der Waals surface area contributed by atoms with Gasteiger partial charge in [-0.05, 0) is 37.4 Å². The van der Waals surface area contributed by atoms with Gasteiger partial charge in [-0.15, -0.1) is 11.3 Å². The topological polar surface area (TPSA) is 64.8 Å². The third-order valence-corrected chi connectivity index (χ3v) is 5.53.